The Morgan fingerprint density at radius 2 is 2.28 bits per heavy atom. The maximum atomic E-state index is 11.7. The van der Waals surface area contributed by atoms with Crippen molar-refractivity contribution in [1.29, 1.82) is 0 Å². The summed E-state index contributed by atoms with van der Waals surface area (Å²) in [5.41, 5.74) is 5.46. The fourth-order valence-electron chi connectivity index (χ4n) is 1.50. The molecule has 0 unspecified atom stereocenters. The number of nitrogen functional groups attached to an aromatic ring is 1. The average molecular weight is 288 g/mol. The van der Waals surface area contributed by atoms with Crippen LogP contribution in [0.3, 0.4) is 0 Å². The van der Waals surface area contributed by atoms with E-state index in [0.29, 0.717) is 10.9 Å². The Kier molecular flexibility index (Phi) is 7.04. The van der Waals surface area contributed by atoms with Crippen LogP contribution in [-0.4, -0.2) is 27.9 Å². The van der Waals surface area contributed by atoms with E-state index in [2.05, 4.69) is 22.4 Å². The highest BCUT2D eigenvalue weighted by Crippen LogP contribution is 2.23. The van der Waals surface area contributed by atoms with Gasteiger partial charge >= 0.3 is 0 Å². The highest BCUT2D eigenvalue weighted by molar-refractivity contribution is 8.01. The number of carbonyl (C=O) groups excluding carboxylic acids is 1. The number of nitrogens with two attached hydrogens (primary N) is 1. The molecule has 1 aromatic heterocycles. The van der Waals surface area contributed by atoms with Gasteiger partial charge in [0.15, 0.2) is 4.34 Å². The maximum Gasteiger partial charge on any atom is 0.230 e. The molecule has 5 nitrogen and oxygen atoms in total. The summed E-state index contributed by atoms with van der Waals surface area (Å²) in [6, 6.07) is 0.240. The SMILES string of the molecule is CCCCC[C@H](C)NC(=O)CSc1nnc(N)s1. The van der Waals surface area contributed by atoms with Crippen LogP contribution in [0.2, 0.25) is 0 Å². The first kappa shape index (κ1) is 15.2. The number of hydrogen-bond donors (Lipinski definition) is 2. The Morgan fingerprint density at radius 1 is 1.50 bits per heavy atom. The third-order valence-electron chi connectivity index (χ3n) is 2.40. The van der Waals surface area contributed by atoms with Gasteiger partial charge < -0.3 is 11.1 Å². The van der Waals surface area contributed by atoms with E-state index in [1.54, 1.807) is 0 Å². The maximum absolute atomic E-state index is 11.7. The molecule has 3 N–H and O–H groups in total. The van der Waals surface area contributed by atoms with Crippen LogP contribution < -0.4 is 11.1 Å². The standard InChI is InChI=1S/C11H20N4OS2/c1-3-4-5-6-8(2)13-9(16)7-17-11-15-14-10(12)18-11/h8H,3-7H2,1-2H3,(H2,12,14)(H,13,16)/t8-/m0/s1. The third kappa shape index (κ3) is 6.20. The summed E-state index contributed by atoms with van der Waals surface area (Å²) < 4.78 is 0.737. The molecule has 18 heavy (non-hydrogen) atoms. The monoisotopic (exact) mass is 288 g/mol. The van der Waals surface area contributed by atoms with Crippen molar-refractivity contribution in [2.75, 3.05) is 11.5 Å². The average Bonchev–Trinajstić information content (AvgIpc) is 2.73. The summed E-state index contributed by atoms with van der Waals surface area (Å²) in [5, 5.41) is 11.0. The predicted molar refractivity (Wildman–Crippen MR) is 76.8 cm³/mol. The largest absolute Gasteiger partial charge is 0.374 e. The van der Waals surface area contributed by atoms with Gasteiger partial charge in [0.2, 0.25) is 11.0 Å². The molecular weight excluding hydrogens is 268 g/mol. The van der Waals surface area contributed by atoms with Crippen LogP contribution >= 0.6 is 23.1 Å². The summed E-state index contributed by atoms with van der Waals surface area (Å²) in [6.45, 7) is 4.22. The van der Waals surface area contributed by atoms with Crippen LogP contribution in [0.15, 0.2) is 4.34 Å². The number of nitrogens with one attached hydrogen (secondary N) is 1. The molecule has 0 aliphatic rings. The number of thioether (sulfide) groups is 1. The summed E-state index contributed by atoms with van der Waals surface area (Å²) in [5.74, 6) is 0.407. The van der Waals surface area contributed by atoms with Gasteiger partial charge in [0.1, 0.15) is 0 Å². The molecule has 0 bridgehead atoms. The molecular formula is C11H20N4OS2. The number of amides is 1. The van der Waals surface area contributed by atoms with E-state index < -0.39 is 0 Å². The zero-order valence-electron chi connectivity index (χ0n) is 10.8. The van der Waals surface area contributed by atoms with Crippen molar-refractivity contribution in [3.63, 3.8) is 0 Å². The van der Waals surface area contributed by atoms with Gasteiger partial charge in [-0.05, 0) is 13.3 Å². The first-order chi connectivity index (χ1) is 8.61. The van der Waals surface area contributed by atoms with E-state index in [9.17, 15) is 4.79 Å². The van der Waals surface area contributed by atoms with Gasteiger partial charge in [-0.15, -0.1) is 10.2 Å². The molecule has 0 saturated carbocycles. The Bertz CT molecular complexity index is 370. The molecule has 1 amide bonds. The fourth-order valence-corrected chi connectivity index (χ4v) is 2.94. The summed E-state index contributed by atoms with van der Waals surface area (Å²) in [4.78, 5) is 11.7. The van der Waals surface area contributed by atoms with Crippen LogP contribution in [0.1, 0.15) is 39.5 Å². The number of carbonyl (C=O) groups is 1. The molecule has 0 fully saturated rings. The van der Waals surface area contributed by atoms with Gasteiger partial charge in [-0.3, -0.25) is 4.79 Å². The molecule has 0 aliphatic heterocycles. The number of unbranched alkanes of at least 4 members (excludes halogenated alkanes) is 2. The molecule has 102 valence electrons. The zero-order chi connectivity index (χ0) is 13.4. The van der Waals surface area contributed by atoms with E-state index in [1.807, 2.05) is 6.92 Å². The molecule has 1 rings (SSSR count). The number of rotatable bonds is 8. The van der Waals surface area contributed by atoms with Crippen molar-refractivity contribution in [2.24, 2.45) is 0 Å². The van der Waals surface area contributed by atoms with Gasteiger partial charge in [-0.25, -0.2) is 0 Å². The van der Waals surface area contributed by atoms with Crippen LogP contribution in [0.5, 0.6) is 0 Å². The topological polar surface area (TPSA) is 80.9 Å². The van der Waals surface area contributed by atoms with Crippen LogP contribution in [0.4, 0.5) is 5.13 Å². The van der Waals surface area contributed by atoms with E-state index in [1.165, 1.54) is 35.9 Å². The second-order valence-corrected chi connectivity index (χ2v) is 6.39. The molecule has 0 saturated heterocycles. The van der Waals surface area contributed by atoms with Crippen LogP contribution in [-0.2, 0) is 4.79 Å². The number of hydrogen-bond acceptors (Lipinski definition) is 6. The van der Waals surface area contributed by atoms with Crippen molar-refractivity contribution < 1.29 is 4.79 Å². The minimum absolute atomic E-state index is 0.0396. The minimum Gasteiger partial charge on any atom is -0.374 e. The fraction of sp³-hybridized carbons (Fsp3) is 0.727. The summed E-state index contributed by atoms with van der Waals surface area (Å²) in [6.07, 6.45) is 4.63. The van der Waals surface area contributed by atoms with Crippen LogP contribution in [0, 0.1) is 0 Å². The highest BCUT2D eigenvalue weighted by Gasteiger charge is 2.09. The van der Waals surface area contributed by atoms with Gasteiger partial charge in [-0.1, -0.05) is 49.3 Å². The zero-order valence-corrected chi connectivity index (χ0v) is 12.4. The van der Waals surface area contributed by atoms with Gasteiger partial charge in [-0.2, -0.15) is 0 Å². The lowest BCUT2D eigenvalue weighted by atomic mass is 10.1. The summed E-state index contributed by atoms with van der Waals surface area (Å²) in [7, 11) is 0. The number of nitrogens with zero attached hydrogens (tertiary/aromatic N) is 2. The normalized spacial score (nSPS) is 12.3. The third-order valence-corrected chi connectivity index (χ3v) is 4.28. The Morgan fingerprint density at radius 3 is 2.89 bits per heavy atom. The highest BCUT2D eigenvalue weighted by atomic mass is 32.2. The summed E-state index contributed by atoms with van der Waals surface area (Å²) >= 11 is 2.68. The smallest absolute Gasteiger partial charge is 0.230 e. The molecule has 1 aromatic rings. The predicted octanol–water partition coefficient (Wildman–Crippen LogP) is 2.30. The molecule has 1 atom stereocenters. The second-order valence-electron chi connectivity index (χ2n) is 4.16. The minimum atomic E-state index is 0.0396. The Hall–Kier alpha value is -0.820. The Balaban J connectivity index is 2.16. The van der Waals surface area contributed by atoms with Gasteiger partial charge in [0, 0.05) is 6.04 Å². The van der Waals surface area contributed by atoms with Crippen molar-refractivity contribution >= 4 is 34.1 Å². The van der Waals surface area contributed by atoms with Gasteiger partial charge in [0.05, 0.1) is 5.75 Å². The molecule has 1 heterocycles. The molecule has 7 heteroatoms. The van der Waals surface area contributed by atoms with Gasteiger partial charge in [0.25, 0.3) is 0 Å². The van der Waals surface area contributed by atoms with E-state index in [4.69, 9.17) is 5.73 Å². The molecule has 0 aromatic carbocycles. The molecule has 0 aliphatic carbocycles. The lowest BCUT2D eigenvalue weighted by Gasteiger charge is -2.12. The second kappa shape index (κ2) is 8.31. The van der Waals surface area contributed by atoms with Crippen molar-refractivity contribution in [3.05, 3.63) is 0 Å². The molecule has 0 spiro atoms. The number of aromatic nitrogens is 2. The lowest BCUT2D eigenvalue weighted by Crippen LogP contribution is -2.33. The first-order valence-corrected chi connectivity index (χ1v) is 7.93. The van der Waals surface area contributed by atoms with Crippen molar-refractivity contribution in [2.45, 2.75) is 49.9 Å². The van der Waals surface area contributed by atoms with Crippen LogP contribution in [0.25, 0.3) is 0 Å². The lowest BCUT2D eigenvalue weighted by molar-refractivity contribution is -0.119. The first-order valence-electron chi connectivity index (χ1n) is 6.13. The Labute approximate surface area is 116 Å². The van der Waals surface area contributed by atoms with Crippen molar-refractivity contribution in [1.82, 2.24) is 15.5 Å². The van der Waals surface area contributed by atoms with E-state index in [-0.39, 0.29) is 11.9 Å². The number of anilines is 1. The molecule has 0 radical (unpaired) electrons. The van der Waals surface area contributed by atoms with E-state index in [0.717, 1.165) is 17.2 Å². The quantitative estimate of drug-likeness (QED) is 0.566. The van der Waals surface area contributed by atoms with E-state index >= 15 is 0 Å². The van der Waals surface area contributed by atoms with Crippen molar-refractivity contribution in [3.8, 4) is 0 Å².